The summed E-state index contributed by atoms with van der Waals surface area (Å²) in [6.45, 7) is 3.49. The largest absolute Gasteiger partial charge is 0.475 e. The number of imidazole rings is 1. The molecule has 6 rings (SSSR count). The molecule has 7 nitrogen and oxygen atoms in total. The van der Waals surface area contributed by atoms with E-state index in [0.717, 1.165) is 65.2 Å². The number of aryl methyl sites for hydroxylation is 1. The van der Waals surface area contributed by atoms with E-state index < -0.39 is 0 Å². The van der Waals surface area contributed by atoms with Crippen LogP contribution in [-0.4, -0.2) is 37.7 Å². The fourth-order valence-electron chi connectivity index (χ4n) is 5.32. The lowest BCUT2D eigenvalue weighted by Crippen LogP contribution is -2.16. The van der Waals surface area contributed by atoms with E-state index in [4.69, 9.17) is 14.7 Å². The summed E-state index contributed by atoms with van der Waals surface area (Å²) >= 11 is 0. The summed E-state index contributed by atoms with van der Waals surface area (Å²) in [6, 6.07) is 20.4. The van der Waals surface area contributed by atoms with Gasteiger partial charge in [0.2, 0.25) is 11.8 Å². The molecule has 204 valence electrons. The smallest absolute Gasteiger partial charge is 0.223 e. The number of halogens is 1. The lowest BCUT2D eigenvalue weighted by molar-refractivity contribution is 0.248. The number of hydrogen-bond acceptors (Lipinski definition) is 6. The Bertz CT molecular complexity index is 1600. The summed E-state index contributed by atoms with van der Waals surface area (Å²) in [6.07, 6.45) is 8.19. The molecule has 0 saturated carbocycles. The van der Waals surface area contributed by atoms with Gasteiger partial charge < -0.3 is 14.6 Å². The van der Waals surface area contributed by atoms with E-state index in [0.29, 0.717) is 18.4 Å². The Kier molecular flexibility index (Phi) is 7.66. The third-order valence-corrected chi connectivity index (χ3v) is 7.38. The van der Waals surface area contributed by atoms with E-state index in [-0.39, 0.29) is 11.9 Å². The maximum absolute atomic E-state index is 13.8. The number of pyridine rings is 1. The first-order valence-electron chi connectivity index (χ1n) is 14.1. The van der Waals surface area contributed by atoms with Crippen LogP contribution in [0.1, 0.15) is 50.9 Å². The molecule has 0 fully saturated rings. The number of benzene rings is 2. The van der Waals surface area contributed by atoms with E-state index in [1.807, 2.05) is 42.5 Å². The number of rotatable bonds is 11. The van der Waals surface area contributed by atoms with Crippen molar-refractivity contribution in [3.8, 4) is 28.5 Å². The molecule has 1 aliphatic heterocycles. The summed E-state index contributed by atoms with van der Waals surface area (Å²) < 4.78 is 22.3. The summed E-state index contributed by atoms with van der Waals surface area (Å²) in [5.41, 5.74) is 4.22. The SMILES string of the molecule is CCCCCCNc1nccc(-c2c(-c3ccc(F)cc3)nc3n2[C@H](COc2ccc4ccccc4n2)CC3)n1. The van der Waals surface area contributed by atoms with Crippen LogP contribution in [0.2, 0.25) is 0 Å². The average Bonchev–Trinajstić information content (AvgIpc) is 3.56. The van der Waals surface area contributed by atoms with Gasteiger partial charge in [0.15, 0.2) is 0 Å². The van der Waals surface area contributed by atoms with Crippen LogP contribution >= 0.6 is 0 Å². The van der Waals surface area contributed by atoms with E-state index in [1.165, 1.54) is 31.4 Å². The number of para-hydroxylation sites is 1. The van der Waals surface area contributed by atoms with Gasteiger partial charge in [0, 0.05) is 36.2 Å². The molecule has 0 radical (unpaired) electrons. The predicted molar refractivity (Wildman–Crippen MR) is 156 cm³/mol. The molecule has 1 N–H and O–H groups in total. The second kappa shape index (κ2) is 11.8. The van der Waals surface area contributed by atoms with Crippen LogP contribution in [0.4, 0.5) is 10.3 Å². The van der Waals surface area contributed by atoms with Crippen molar-refractivity contribution in [3.63, 3.8) is 0 Å². The van der Waals surface area contributed by atoms with Gasteiger partial charge in [-0.15, -0.1) is 0 Å². The Labute approximate surface area is 233 Å². The molecule has 1 atom stereocenters. The lowest BCUT2D eigenvalue weighted by Gasteiger charge is -2.18. The van der Waals surface area contributed by atoms with Gasteiger partial charge >= 0.3 is 0 Å². The first-order valence-corrected chi connectivity index (χ1v) is 14.1. The maximum atomic E-state index is 13.8. The molecular weight excluding hydrogens is 503 g/mol. The quantitative estimate of drug-likeness (QED) is 0.179. The molecule has 5 aromatic rings. The normalized spacial score (nSPS) is 14.4. The van der Waals surface area contributed by atoms with E-state index >= 15 is 0 Å². The van der Waals surface area contributed by atoms with Crippen molar-refractivity contribution in [2.24, 2.45) is 0 Å². The van der Waals surface area contributed by atoms with Gasteiger partial charge in [0.05, 0.1) is 28.6 Å². The molecule has 2 aromatic carbocycles. The highest BCUT2D eigenvalue weighted by Gasteiger charge is 2.31. The van der Waals surface area contributed by atoms with Gasteiger partial charge in [-0.25, -0.2) is 24.3 Å². The highest BCUT2D eigenvalue weighted by Crippen LogP contribution is 2.39. The zero-order valence-electron chi connectivity index (χ0n) is 22.7. The number of aromatic nitrogens is 5. The van der Waals surface area contributed by atoms with Crippen LogP contribution in [-0.2, 0) is 6.42 Å². The van der Waals surface area contributed by atoms with Crippen molar-refractivity contribution in [1.82, 2.24) is 24.5 Å². The highest BCUT2D eigenvalue weighted by atomic mass is 19.1. The first kappa shape index (κ1) is 25.9. The zero-order chi connectivity index (χ0) is 27.3. The van der Waals surface area contributed by atoms with Gasteiger partial charge in [-0.2, -0.15) is 0 Å². The molecule has 8 heteroatoms. The average molecular weight is 537 g/mol. The Morgan fingerprint density at radius 3 is 2.70 bits per heavy atom. The van der Waals surface area contributed by atoms with Crippen molar-refractivity contribution in [2.75, 3.05) is 18.5 Å². The number of unbranched alkanes of at least 4 members (excludes halogenated alkanes) is 3. The Morgan fingerprint density at radius 1 is 0.950 bits per heavy atom. The summed E-state index contributed by atoms with van der Waals surface area (Å²) in [4.78, 5) is 19.1. The van der Waals surface area contributed by atoms with Gasteiger partial charge in [-0.3, -0.25) is 0 Å². The summed E-state index contributed by atoms with van der Waals surface area (Å²) in [5, 5.41) is 4.46. The van der Waals surface area contributed by atoms with Crippen molar-refractivity contribution < 1.29 is 9.13 Å². The van der Waals surface area contributed by atoms with E-state index in [2.05, 4.69) is 26.8 Å². The Hall–Kier alpha value is -4.33. The molecule has 0 amide bonds. The van der Waals surface area contributed by atoms with Gasteiger partial charge in [-0.1, -0.05) is 44.4 Å². The summed E-state index contributed by atoms with van der Waals surface area (Å²) in [7, 11) is 0. The molecule has 40 heavy (non-hydrogen) atoms. The summed E-state index contributed by atoms with van der Waals surface area (Å²) in [5.74, 6) is 1.90. The molecular formula is C32H33FN6O. The maximum Gasteiger partial charge on any atom is 0.223 e. The van der Waals surface area contributed by atoms with Crippen molar-refractivity contribution in [2.45, 2.75) is 51.5 Å². The molecule has 0 spiro atoms. The van der Waals surface area contributed by atoms with Gasteiger partial charge in [-0.05, 0) is 55.3 Å². The zero-order valence-corrected chi connectivity index (χ0v) is 22.7. The highest BCUT2D eigenvalue weighted by molar-refractivity contribution is 5.79. The van der Waals surface area contributed by atoms with Gasteiger partial charge in [0.25, 0.3) is 0 Å². The predicted octanol–water partition coefficient (Wildman–Crippen LogP) is 7.25. The Balaban J connectivity index is 1.31. The molecule has 0 bridgehead atoms. The second-order valence-corrected chi connectivity index (χ2v) is 10.2. The second-order valence-electron chi connectivity index (χ2n) is 10.2. The fourth-order valence-corrected chi connectivity index (χ4v) is 5.32. The number of anilines is 1. The van der Waals surface area contributed by atoms with Crippen LogP contribution in [0, 0.1) is 5.82 Å². The number of hydrogen-bond donors (Lipinski definition) is 1. The standard InChI is InChI=1S/C32H33FN6O/c1-2-3-4-7-19-34-32-35-20-18-27(37-32)31-30(23-10-13-24(33)14-11-23)38-28-16-15-25(39(28)31)21-40-29-17-12-22-8-5-6-9-26(22)36-29/h5-6,8-14,17-18,20,25H,2-4,7,15-16,19,21H2,1H3,(H,34,35,37)/t25-/m0/s1. The fraction of sp³-hybridized carbons (Fsp3) is 0.312. The molecule has 4 heterocycles. The third kappa shape index (κ3) is 5.52. The minimum Gasteiger partial charge on any atom is -0.475 e. The minimum atomic E-state index is -0.275. The van der Waals surface area contributed by atoms with E-state index in [9.17, 15) is 4.39 Å². The molecule has 0 unspecified atom stereocenters. The van der Waals surface area contributed by atoms with Crippen LogP contribution in [0.3, 0.4) is 0 Å². The van der Waals surface area contributed by atoms with Crippen LogP contribution in [0.5, 0.6) is 5.88 Å². The topological polar surface area (TPSA) is 77.8 Å². The Morgan fingerprint density at radius 2 is 1.82 bits per heavy atom. The van der Waals surface area contributed by atoms with Crippen molar-refractivity contribution >= 4 is 16.9 Å². The van der Waals surface area contributed by atoms with Gasteiger partial charge in [0.1, 0.15) is 18.2 Å². The lowest BCUT2D eigenvalue weighted by atomic mass is 10.1. The minimum absolute atomic E-state index is 0.0559. The molecule has 0 aliphatic carbocycles. The first-order chi connectivity index (χ1) is 19.7. The number of ether oxygens (including phenoxy) is 1. The van der Waals surface area contributed by atoms with Crippen molar-refractivity contribution in [3.05, 3.63) is 84.6 Å². The number of nitrogens with one attached hydrogen (secondary N) is 1. The third-order valence-electron chi connectivity index (χ3n) is 7.38. The molecule has 3 aromatic heterocycles. The van der Waals surface area contributed by atoms with Crippen LogP contribution in [0.25, 0.3) is 33.5 Å². The number of nitrogens with zero attached hydrogens (tertiary/aromatic N) is 5. The van der Waals surface area contributed by atoms with Crippen LogP contribution in [0.15, 0.2) is 72.9 Å². The molecule has 1 aliphatic rings. The monoisotopic (exact) mass is 536 g/mol. The number of fused-ring (bicyclic) bond motifs is 2. The van der Waals surface area contributed by atoms with Crippen molar-refractivity contribution in [1.29, 1.82) is 0 Å². The molecule has 0 saturated heterocycles. The van der Waals surface area contributed by atoms with E-state index in [1.54, 1.807) is 18.3 Å². The van der Waals surface area contributed by atoms with Crippen LogP contribution < -0.4 is 10.1 Å².